The molecule has 21 heavy (non-hydrogen) atoms. The number of nitrogens with one attached hydrogen (secondary N) is 1. The summed E-state index contributed by atoms with van der Waals surface area (Å²) in [7, 11) is 1.98. The van der Waals surface area contributed by atoms with Gasteiger partial charge in [0.05, 0.1) is 10.6 Å². The van der Waals surface area contributed by atoms with Crippen molar-refractivity contribution in [2.45, 2.75) is 43.2 Å². The number of hydrogen-bond acceptors (Lipinski definition) is 5. The van der Waals surface area contributed by atoms with Gasteiger partial charge in [-0.1, -0.05) is 12.8 Å². The zero-order valence-electron chi connectivity index (χ0n) is 12.4. The molecule has 1 aliphatic heterocycles. The molecule has 0 aliphatic carbocycles. The molecule has 0 aromatic carbocycles. The molecule has 1 heterocycles. The fourth-order valence-electron chi connectivity index (χ4n) is 1.47. The topological polar surface area (TPSA) is 86.6 Å². The second-order valence-corrected chi connectivity index (χ2v) is 7.16. The largest absolute Gasteiger partial charge is 0.473 e. The third kappa shape index (κ3) is 11.5. The normalized spacial score (nSPS) is 15.9. The maximum atomic E-state index is 9.10. The van der Waals surface area contributed by atoms with Crippen LogP contribution in [0, 0.1) is 11.8 Å². The lowest BCUT2D eigenvalue weighted by atomic mass is 10.2. The van der Waals surface area contributed by atoms with Gasteiger partial charge in [0, 0.05) is 6.42 Å². The van der Waals surface area contributed by atoms with E-state index in [1.54, 1.807) is 0 Å². The number of hydrogen-bond donors (Lipinski definition) is 3. The van der Waals surface area contributed by atoms with Crippen molar-refractivity contribution in [1.29, 1.82) is 0 Å². The van der Waals surface area contributed by atoms with Crippen LogP contribution in [-0.2, 0) is 9.59 Å². The van der Waals surface area contributed by atoms with Crippen LogP contribution >= 0.6 is 23.5 Å². The van der Waals surface area contributed by atoms with Crippen molar-refractivity contribution in [1.82, 2.24) is 5.32 Å². The van der Waals surface area contributed by atoms with E-state index in [4.69, 9.17) is 19.8 Å². The molecule has 0 aromatic rings. The molecule has 1 saturated heterocycles. The maximum Gasteiger partial charge on any atom is 0.414 e. The quantitative estimate of drug-likeness (QED) is 0.536. The van der Waals surface area contributed by atoms with Gasteiger partial charge in [0.25, 0.3) is 0 Å². The van der Waals surface area contributed by atoms with E-state index in [0.717, 1.165) is 17.4 Å². The van der Waals surface area contributed by atoms with Crippen LogP contribution in [0.1, 0.15) is 32.6 Å². The number of aliphatic carboxylic acids is 2. The van der Waals surface area contributed by atoms with E-state index >= 15 is 0 Å². The summed E-state index contributed by atoms with van der Waals surface area (Å²) < 4.78 is 0.808. The molecule has 0 aromatic heterocycles. The van der Waals surface area contributed by atoms with Crippen LogP contribution in [0.5, 0.6) is 0 Å². The Morgan fingerprint density at radius 2 is 1.86 bits per heavy atom. The summed E-state index contributed by atoms with van der Waals surface area (Å²) in [5, 5.41) is 18.0. The first-order chi connectivity index (χ1) is 10.0. The summed E-state index contributed by atoms with van der Waals surface area (Å²) in [5.41, 5.74) is 0. The van der Waals surface area contributed by atoms with Crippen LogP contribution in [-0.4, -0.2) is 51.3 Å². The molecule has 1 rings (SSSR count). The minimum atomic E-state index is -1.82. The Hall–Kier alpha value is -0.840. The Kier molecular flexibility index (Phi) is 12.4. The predicted molar refractivity (Wildman–Crippen MR) is 88.7 cm³/mol. The van der Waals surface area contributed by atoms with Crippen LogP contribution in [0.25, 0.3) is 0 Å². The van der Waals surface area contributed by atoms with Gasteiger partial charge in [0.2, 0.25) is 0 Å². The standard InChI is InChI=1S/C12H21NS2.C2H2O4/c1-3-11(13-2)7-4-5-8-12-14-9-6-10-15-12;3-1(4)2(5)6/h11-13H,3,5-6,8-10H2,1-2H3;(H,3,4)(H,5,6). The van der Waals surface area contributed by atoms with Gasteiger partial charge in [0.1, 0.15) is 0 Å². The van der Waals surface area contributed by atoms with E-state index in [-0.39, 0.29) is 0 Å². The lowest BCUT2D eigenvalue weighted by molar-refractivity contribution is -0.159. The van der Waals surface area contributed by atoms with Gasteiger partial charge in [-0.15, -0.1) is 29.4 Å². The van der Waals surface area contributed by atoms with Gasteiger partial charge >= 0.3 is 11.9 Å². The summed E-state index contributed by atoms with van der Waals surface area (Å²) in [4.78, 5) is 18.2. The Morgan fingerprint density at radius 3 is 2.29 bits per heavy atom. The van der Waals surface area contributed by atoms with Gasteiger partial charge in [-0.3, -0.25) is 0 Å². The minimum Gasteiger partial charge on any atom is -0.473 e. The first-order valence-corrected chi connectivity index (χ1v) is 8.96. The highest BCUT2D eigenvalue weighted by molar-refractivity contribution is 8.17. The molecule has 0 radical (unpaired) electrons. The zero-order chi connectivity index (χ0) is 16.1. The van der Waals surface area contributed by atoms with Crippen molar-refractivity contribution < 1.29 is 19.8 Å². The van der Waals surface area contributed by atoms with Crippen molar-refractivity contribution >= 4 is 35.5 Å². The van der Waals surface area contributed by atoms with E-state index in [1.165, 1.54) is 24.3 Å². The molecule has 0 bridgehead atoms. The minimum absolute atomic E-state index is 0.386. The van der Waals surface area contributed by atoms with Gasteiger partial charge < -0.3 is 15.5 Å². The Balaban J connectivity index is 0.000000567. The summed E-state index contributed by atoms with van der Waals surface area (Å²) in [6.07, 6.45) is 4.79. The third-order valence-electron chi connectivity index (χ3n) is 2.62. The van der Waals surface area contributed by atoms with E-state index in [0.29, 0.717) is 6.04 Å². The molecule has 1 atom stereocenters. The Bertz CT molecular complexity index is 357. The number of carbonyl (C=O) groups is 2. The Labute approximate surface area is 134 Å². The van der Waals surface area contributed by atoms with E-state index in [1.807, 2.05) is 7.05 Å². The molecule has 0 spiro atoms. The fraction of sp³-hybridized carbons (Fsp3) is 0.714. The summed E-state index contributed by atoms with van der Waals surface area (Å²) in [6, 6.07) is 0.386. The van der Waals surface area contributed by atoms with Crippen LogP contribution in [0.2, 0.25) is 0 Å². The second-order valence-electron chi connectivity index (χ2n) is 4.24. The highest BCUT2D eigenvalue weighted by Gasteiger charge is 2.12. The van der Waals surface area contributed by atoms with Crippen LogP contribution in [0.15, 0.2) is 0 Å². The average Bonchev–Trinajstić information content (AvgIpc) is 2.49. The SMILES string of the molecule is CCC(C#CCCC1SCCCS1)NC.O=C(O)C(=O)O. The maximum absolute atomic E-state index is 9.10. The molecular weight excluding hydrogens is 310 g/mol. The van der Waals surface area contributed by atoms with E-state index in [9.17, 15) is 0 Å². The number of carboxylic acids is 2. The van der Waals surface area contributed by atoms with Crippen molar-refractivity contribution in [3.05, 3.63) is 0 Å². The van der Waals surface area contributed by atoms with Gasteiger partial charge in [-0.05, 0) is 37.8 Å². The number of thioether (sulfide) groups is 2. The molecule has 1 fully saturated rings. The average molecular weight is 333 g/mol. The highest BCUT2D eigenvalue weighted by atomic mass is 32.2. The van der Waals surface area contributed by atoms with Crippen molar-refractivity contribution in [3.8, 4) is 11.8 Å². The predicted octanol–water partition coefficient (Wildman–Crippen LogP) is 2.12. The summed E-state index contributed by atoms with van der Waals surface area (Å²) in [5.74, 6) is 5.62. The summed E-state index contributed by atoms with van der Waals surface area (Å²) >= 11 is 4.23. The zero-order valence-corrected chi connectivity index (χ0v) is 14.1. The van der Waals surface area contributed by atoms with Gasteiger partial charge in [-0.2, -0.15) is 0 Å². The Morgan fingerprint density at radius 1 is 1.29 bits per heavy atom. The van der Waals surface area contributed by atoms with Crippen LogP contribution in [0.4, 0.5) is 0 Å². The molecule has 0 saturated carbocycles. The van der Waals surface area contributed by atoms with Crippen molar-refractivity contribution in [2.75, 3.05) is 18.6 Å². The highest BCUT2D eigenvalue weighted by Crippen LogP contribution is 2.33. The molecule has 1 aliphatic rings. The number of rotatable bonds is 4. The molecule has 1 unspecified atom stereocenters. The molecule has 120 valence electrons. The first kappa shape index (κ1) is 20.2. The van der Waals surface area contributed by atoms with Crippen molar-refractivity contribution in [3.63, 3.8) is 0 Å². The van der Waals surface area contributed by atoms with E-state index < -0.39 is 11.9 Å². The monoisotopic (exact) mass is 333 g/mol. The van der Waals surface area contributed by atoms with Gasteiger partial charge in [-0.25, -0.2) is 9.59 Å². The molecule has 3 N–H and O–H groups in total. The lowest BCUT2D eigenvalue weighted by Crippen LogP contribution is -2.21. The number of carboxylic acid groups (broad SMARTS) is 2. The van der Waals surface area contributed by atoms with Gasteiger partial charge in [0.15, 0.2) is 0 Å². The molecule has 7 heteroatoms. The van der Waals surface area contributed by atoms with Crippen LogP contribution < -0.4 is 5.32 Å². The second kappa shape index (κ2) is 12.9. The molecular formula is C14H23NO4S2. The molecule has 0 amide bonds. The van der Waals surface area contributed by atoms with E-state index in [2.05, 4.69) is 47.6 Å². The van der Waals surface area contributed by atoms with Crippen LogP contribution in [0.3, 0.4) is 0 Å². The smallest absolute Gasteiger partial charge is 0.414 e. The lowest BCUT2D eigenvalue weighted by Gasteiger charge is -2.19. The fourth-order valence-corrected chi connectivity index (χ4v) is 4.33. The first-order valence-electron chi connectivity index (χ1n) is 6.86. The van der Waals surface area contributed by atoms with Crippen molar-refractivity contribution in [2.24, 2.45) is 0 Å². The summed E-state index contributed by atoms with van der Waals surface area (Å²) in [6.45, 7) is 2.17. The third-order valence-corrected chi connectivity index (χ3v) is 5.70. The molecule has 5 nitrogen and oxygen atoms in total.